The highest BCUT2D eigenvalue weighted by molar-refractivity contribution is 5.96. The molecule has 6 heteroatoms. The third-order valence-electron chi connectivity index (χ3n) is 5.25. The summed E-state index contributed by atoms with van der Waals surface area (Å²) in [5.74, 6) is 0.225. The first-order chi connectivity index (χ1) is 12.9. The Bertz CT molecular complexity index is 1060. The summed E-state index contributed by atoms with van der Waals surface area (Å²) in [6, 6.07) is 6.67. The van der Waals surface area contributed by atoms with Crippen LogP contribution in [0.1, 0.15) is 45.4 Å². The van der Waals surface area contributed by atoms with E-state index < -0.39 is 6.10 Å². The van der Waals surface area contributed by atoms with Crippen molar-refractivity contribution >= 4 is 11.6 Å². The molecule has 0 saturated carbocycles. The second-order valence-corrected chi connectivity index (χ2v) is 7.19. The quantitative estimate of drug-likeness (QED) is 0.691. The van der Waals surface area contributed by atoms with E-state index in [1.807, 2.05) is 30.5 Å². The van der Waals surface area contributed by atoms with E-state index in [0.29, 0.717) is 35.4 Å². The van der Waals surface area contributed by atoms with Gasteiger partial charge < -0.3 is 14.0 Å². The smallest absolute Gasteiger partial charge is 0.255 e. The maximum absolute atomic E-state index is 14.3. The molecule has 5 nitrogen and oxygen atoms in total. The Morgan fingerprint density at radius 2 is 2.04 bits per heavy atom. The molecular weight excluding hydrogens is 345 g/mol. The van der Waals surface area contributed by atoms with E-state index in [2.05, 4.69) is 4.98 Å². The topological polar surface area (TPSA) is 46.8 Å². The van der Waals surface area contributed by atoms with Crippen molar-refractivity contribution in [3.8, 4) is 5.75 Å². The number of hydrogen-bond acceptors (Lipinski definition) is 3. The van der Waals surface area contributed by atoms with Crippen molar-refractivity contribution in [1.29, 1.82) is 0 Å². The molecule has 0 spiro atoms. The Kier molecular flexibility index (Phi) is 4.13. The zero-order valence-corrected chi connectivity index (χ0v) is 15.9. The van der Waals surface area contributed by atoms with Gasteiger partial charge in [-0.2, -0.15) is 0 Å². The van der Waals surface area contributed by atoms with Crippen LogP contribution >= 0.6 is 0 Å². The van der Waals surface area contributed by atoms with E-state index in [1.54, 1.807) is 31.1 Å². The molecule has 0 aliphatic carbocycles. The average Bonchev–Trinajstić information content (AvgIpc) is 2.95. The van der Waals surface area contributed by atoms with Crippen molar-refractivity contribution < 1.29 is 13.9 Å². The van der Waals surface area contributed by atoms with Gasteiger partial charge in [0.25, 0.3) is 5.91 Å². The van der Waals surface area contributed by atoms with Crippen LogP contribution in [-0.4, -0.2) is 34.3 Å². The molecule has 0 fully saturated rings. The van der Waals surface area contributed by atoms with Gasteiger partial charge in [0.2, 0.25) is 0 Å². The number of amides is 1. The predicted octanol–water partition coefficient (Wildman–Crippen LogP) is 3.86. The lowest BCUT2D eigenvalue weighted by Crippen LogP contribution is -2.26. The summed E-state index contributed by atoms with van der Waals surface area (Å²) in [7, 11) is 3.47. The zero-order chi connectivity index (χ0) is 19.3. The Labute approximate surface area is 157 Å². The highest BCUT2D eigenvalue weighted by atomic mass is 19.1. The minimum absolute atomic E-state index is 0.0770. The molecule has 27 heavy (non-hydrogen) atoms. The second kappa shape index (κ2) is 6.37. The van der Waals surface area contributed by atoms with Crippen LogP contribution in [0.15, 0.2) is 30.5 Å². The highest BCUT2D eigenvalue weighted by Crippen LogP contribution is 2.40. The van der Waals surface area contributed by atoms with Gasteiger partial charge in [0.1, 0.15) is 11.9 Å². The normalized spacial score (nSPS) is 16.1. The van der Waals surface area contributed by atoms with Gasteiger partial charge in [-0.05, 0) is 32.8 Å². The number of pyridine rings is 1. The standard InChI is InChI=1S/C21H22FN3O2/c1-12-13(2)25-11-16(21(26)24(3)4)14-9-10-18(27-19(14)20(25)23-12)15-7-5-6-8-17(15)22/h5-8,11,18H,9-10H2,1-4H3/t18-/m0/s1. The summed E-state index contributed by atoms with van der Waals surface area (Å²) in [5.41, 5.74) is 4.50. The van der Waals surface area contributed by atoms with Crippen molar-refractivity contribution in [2.45, 2.75) is 32.8 Å². The molecule has 1 aromatic carbocycles. The van der Waals surface area contributed by atoms with E-state index in [4.69, 9.17) is 4.74 Å². The van der Waals surface area contributed by atoms with Gasteiger partial charge in [-0.15, -0.1) is 0 Å². The monoisotopic (exact) mass is 367 g/mol. The van der Waals surface area contributed by atoms with E-state index in [1.165, 1.54) is 6.07 Å². The molecule has 3 heterocycles. The molecule has 1 aliphatic rings. The number of carbonyl (C=O) groups excluding carboxylic acids is 1. The maximum atomic E-state index is 14.3. The molecule has 0 unspecified atom stereocenters. The Hall–Kier alpha value is -2.89. The number of hydrogen-bond donors (Lipinski definition) is 0. The lowest BCUT2D eigenvalue weighted by molar-refractivity contribution is 0.0822. The number of aryl methyl sites for hydroxylation is 2. The molecule has 0 N–H and O–H groups in total. The Morgan fingerprint density at radius 1 is 1.30 bits per heavy atom. The summed E-state index contributed by atoms with van der Waals surface area (Å²) in [4.78, 5) is 19.0. The van der Waals surface area contributed by atoms with Crippen molar-refractivity contribution in [2.75, 3.05) is 14.1 Å². The van der Waals surface area contributed by atoms with Crippen LogP contribution < -0.4 is 4.74 Å². The summed E-state index contributed by atoms with van der Waals surface area (Å²) >= 11 is 0. The first-order valence-corrected chi connectivity index (χ1v) is 9.02. The molecule has 1 atom stereocenters. The zero-order valence-electron chi connectivity index (χ0n) is 15.9. The van der Waals surface area contributed by atoms with Gasteiger partial charge in [-0.3, -0.25) is 4.79 Å². The fraction of sp³-hybridized carbons (Fsp3) is 0.333. The number of benzene rings is 1. The minimum Gasteiger partial charge on any atom is -0.481 e. The number of carbonyl (C=O) groups is 1. The number of imidazole rings is 1. The van der Waals surface area contributed by atoms with E-state index in [0.717, 1.165) is 17.0 Å². The number of halogens is 1. The van der Waals surface area contributed by atoms with Gasteiger partial charge in [0.15, 0.2) is 11.4 Å². The van der Waals surface area contributed by atoms with Crippen molar-refractivity contribution in [1.82, 2.24) is 14.3 Å². The second-order valence-electron chi connectivity index (χ2n) is 7.19. The van der Waals surface area contributed by atoms with E-state index >= 15 is 0 Å². The Morgan fingerprint density at radius 3 is 2.74 bits per heavy atom. The van der Waals surface area contributed by atoms with Crippen LogP contribution in [0.5, 0.6) is 5.75 Å². The summed E-state index contributed by atoms with van der Waals surface area (Å²) in [5, 5.41) is 0. The molecule has 0 bridgehead atoms. The van der Waals surface area contributed by atoms with Crippen LogP contribution in [0.2, 0.25) is 0 Å². The molecule has 1 amide bonds. The van der Waals surface area contributed by atoms with Crippen molar-refractivity contribution in [2.24, 2.45) is 0 Å². The lowest BCUT2D eigenvalue weighted by Gasteiger charge is -2.29. The molecule has 0 radical (unpaired) electrons. The first-order valence-electron chi connectivity index (χ1n) is 9.02. The highest BCUT2D eigenvalue weighted by Gasteiger charge is 2.31. The third kappa shape index (κ3) is 2.76. The average molecular weight is 367 g/mol. The van der Waals surface area contributed by atoms with Gasteiger partial charge in [0, 0.05) is 37.1 Å². The predicted molar refractivity (Wildman–Crippen MR) is 101 cm³/mol. The maximum Gasteiger partial charge on any atom is 0.255 e. The van der Waals surface area contributed by atoms with Crippen molar-refractivity contribution in [3.63, 3.8) is 0 Å². The number of rotatable bonds is 2. The molecular formula is C21H22FN3O2. The van der Waals surface area contributed by atoms with E-state index in [9.17, 15) is 9.18 Å². The molecule has 3 aromatic rings. The minimum atomic E-state index is -0.399. The lowest BCUT2D eigenvalue weighted by atomic mass is 9.94. The largest absolute Gasteiger partial charge is 0.481 e. The van der Waals surface area contributed by atoms with Gasteiger partial charge in [0.05, 0.1) is 11.3 Å². The van der Waals surface area contributed by atoms with E-state index in [-0.39, 0.29) is 11.7 Å². The van der Waals surface area contributed by atoms with Crippen LogP contribution in [0, 0.1) is 19.7 Å². The number of fused-ring (bicyclic) bond motifs is 3. The third-order valence-corrected chi connectivity index (χ3v) is 5.25. The molecule has 4 rings (SSSR count). The Balaban J connectivity index is 1.91. The fourth-order valence-electron chi connectivity index (χ4n) is 3.64. The molecule has 2 aromatic heterocycles. The van der Waals surface area contributed by atoms with Crippen LogP contribution in [-0.2, 0) is 6.42 Å². The number of ether oxygens (including phenoxy) is 1. The SMILES string of the molecule is Cc1nc2c3c(c(C(=O)N(C)C)cn2c1C)CC[C@@H](c1ccccc1F)O3. The van der Waals surface area contributed by atoms with Crippen LogP contribution in [0.4, 0.5) is 4.39 Å². The van der Waals surface area contributed by atoms with Gasteiger partial charge in [-0.25, -0.2) is 9.37 Å². The first kappa shape index (κ1) is 17.5. The number of nitrogens with zero attached hydrogens (tertiary/aromatic N) is 3. The summed E-state index contributed by atoms with van der Waals surface area (Å²) in [6.45, 7) is 3.89. The molecule has 140 valence electrons. The van der Waals surface area contributed by atoms with Gasteiger partial charge >= 0.3 is 0 Å². The van der Waals surface area contributed by atoms with Crippen LogP contribution in [0.25, 0.3) is 5.65 Å². The molecule has 0 saturated heterocycles. The van der Waals surface area contributed by atoms with Crippen molar-refractivity contribution in [3.05, 3.63) is 64.4 Å². The summed E-state index contributed by atoms with van der Waals surface area (Å²) in [6.07, 6.45) is 2.68. The van der Waals surface area contributed by atoms with Crippen LogP contribution in [0.3, 0.4) is 0 Å². The fourth-order valence-corrected chi connectivity index (χ4v) is 3.64. The number of aromatic nitrogens is 2. The van der Waals surface area contributed by atoms with Gasteiger partial charge in [-0.1, -0.05) is 18.2 Å². The molecule has 1 aliphatic heterocycles. The summed E-state index contributed by atoms with van der Waals surface area (Å²) < 4.78 is 22.4.